The van der Waals surface area contributed by atoms with Crippen LogP contribution in [0.2, 0.25) is 0 Å². The van der Waals surface area contributed by atoms with Gasteiger partial charge in [-0.25, -0.2) is 0 Å². The zero-order chi connectivity index (χ0) is 14.0. The molecule has 20 heavy (non-hydrogen) atoms. The SMILES string of the molecule is CCNC(CC1(OC)CCC1)C1CC1c1ccccc1. The van der Waals surface area contributed by atoms with Crippen molar-refractivity contribution < 1.29 is 4.74 Å². The standard InChI is InChI=1S/C18H27NO/c1-3-19-17(13-18(20-2)10-7-11-18)16-12-15(16)14-8-5-4-6-9-14/h4-6,8-9,15-17,19H,3,7,10-13H2,1-2H3. The van der Waals surface area contributed by atoms with Crippen LogP contribution in [-0.4, -0.2) is 25.3 Å². The van der Waals surface area contributed by atoms with Crippen molar-refractivity contribution in [2.24, 2.45) is 5.92 Å². The van der Waals surface area contributed by atoms with E-state index in [2.05, 4.69) is 42.6 Å². The second kappa shape index (κ2) is 5.87. The Labute approximate surface area is 122 Å². The van der Waals surface area contributed by atoms with Crippen molar-refractivity contribution in [2.75, 3.05) is 13.7 Å². The summed E-state index contributed by atoms with van der Waals surface area (Å²) in [5, 5.41) is 3.72. The summed E-state index contributed by atoms with van der Waals surface area (Å²) in [6.07, 6.45) is 6.34. The molecular weight excluding hydrogens is 246 g/mol. The second-order valence-electron chi connectivity index (χ2n) is 6.53. The molecule has 3 unspecified atom stereocenters. The molecule has 2 aliphatic carbocycles. The van der Waals surface area contributed by atoms with Crippen LogP contribution in [0.5, 0.6) is 0 Å². The van der Waals surface area contributed by atoms with Crippen molar-refractivity contribution in [3.63, 3.8) is 0 Å². The monoisotopic (exact) mass is 273 g/mol. The summed E-state index contributed by atoms with van der Waals surface area (Å²) in [6.45, 7) is 3.27. The minimum atomic E-state index is 0.177. The lowest BCUT2D eigenvalue weighted by atomic mass is 9.74. The molecule has 0 heterocycles. The summed E-state index contributed by atoms with van der Waals surface area (Å²) in [5.41, 5.74) is 1.69. The van der Waals surface area contributed by atoms with E-state index in [1.54, 1.807) is 0 Å². The number of ether oxygens (including phenoxy) is 1. The molecule has 0 spiro atoms. The molecular formula is C18H27NO. The smallest absolute Gasteiger partial charge is 0.0693 e. The number of hydrogen-bond donors (Lipinski definition) is 1. The van der Waals surface area contributed by atoms with Crippen molar-refractivity contribution in [1.82, 2.24) is 5.32 Å². The summed E-state index contributed by atoms with van der Waals surface area (Å²) in [5.74, 6) is 1.55. The minimum Gasteiger partial charge on any atom is -0.378 e. The average Bonchev–Trinajstić information content (AvgIpc) is 3.23. The van der Waals surface area contributed by atoms with Gasteiger partial charge in [-0.1, -0.05) is 37.3 Å². The maximum absolute atomic E-state index is 5.83. The van der Waals surface area contributed by atoms with Crippen LogP contribution < -0.4 is 5.32 Å². The highest BCUT2D eigenvalue weighted by atomic mass is 16.5. The summed E-state index contributed by atoms with van der Waals surface area (Å²) in [4.78, 5) is 0. The topological polar surface area (TPSA) is 21.3 Å². The molecule has 0 saturated heterocycles. The van der Waals surface area contributed by atoms with Crippen LogP contribution in [0.3, 0.4) is 0 Å². The van der Waals surface area contributed by atoms with E-state index in [0.29, 0.717) is 6.04 Å². The maximum atomic E-state index is 5.83. The zero-order valence-corrected chi connectivity index (χ0v) is 12.8. The van der Waals surface area contributed by atoms with Gasteiger partial charge in [-0.2, -0.15) is 0 Å². The van der Waals surface area contributed by atoms with Gasteiger partial charge in [0.1, 0.15) is 0 Å². The third-order valence-electron chi connectivity index (χ3n) is 5.34. The molecule has 2 nitrogen and oxygen atoms in total. The first-order valence-electron chi connectivity index (χ1n) is 8.11. The Balaban J connectivity index is 1.64. The summed E-state index contributed by atoms with van der Waals surface area (Å²) < 4.78 is 5.83. The Morgan fingerprint density at radius 1 is 1.30 bits per heavy atom. The van der Waals surface area contributed by atoms with Crippen molar-refractivity contribution in [2.45, 2.75) is 56.6 Å². The normalized spacial score (nSPS) is 28.7. The number of rotatable bonds is 7. The van der Waals surface area contributed by atoms with Gasteiger partial charge < -0.3 is 10.1 Å². The molecule has 2 saturated carbocycles. The van der Waals surface area contributed by atoms with Crippen molar-refractivity contribution >= 4 is 0 Å². The number of methoxy groups -OCH3 is 1. The van der Waals surface area contributed by atoms with Crippen molar-refractivity contribution in [1.29, 1.82) is 0 Å². The summed E-state index contributed by atoms with van der Waals surface area (Å²) in [7, 11) is 1.89. The van der Waals surface area contributed by atoms with Crippen molar-refractivity contribution in [3.8, 4) is 0 Å². The van der Waals surface area contributed by atoms with E-state index >= 15 is 0 Å². The van der Waals surface area contributed by atoms with E-state index < -0.39 is 0 Å². The van der Waals surface area contributed by atoms with Gasteiger partial charge in [-0.05, 0) is 56.0 Å². The maximum Gasteiger partial charge on any atom is 0.0693 e. The first kappa shape index (κ1) is 14.1. The molecule has 0 radical (unpaired) electrons. The van der Waals surface area contributed by atoms with E-state index in [0.717, 1.165) is 18.4 Å². The molecule has 2 fully saturated rings. The summed E-state index contributed by atoms with van der Waals surface area (Å²) >= 11 is 0. The predicted octanol–water partition coefficient (Wildman–Crippen LogP) is 3.73. The fraction of sp³-hybridized carbons (Fsp3) is 0.667. The molecule has 0 bridgehead atoms. The van der Waals surface area contributed by atoms with Crippen LogP contribution in [0.15, 0.2) is 30.3 Å². The minimum absolute atomic E-state index is 0.177. The Hall–Kier alpha value is -0.860. The van der Waals surface area contributed by atoms with Gasteiger partial charge in [0.15, 0.2) is 0 Å². The molecule has 1 N–H and O–H groups in total. The summed E-state index contributed by atoms with van der Waals surface area (Å²) in [6, 6.07) is 11.6. The number of benzene rings is 1. The van der Waals surface area contributed by atoms with Gasteiger partial charge in [0, 0.05) is 13.2 Å². The molecule has 3 rings (SSSR count). The fourth-order valence-corrected chi connectivity index (χ4v) is 3.84. The lowest BCUT2D eigenvalue weighted by Crippen LogP contribution is -2.46. The third kappa shape index (κ3) is 2.77. The van der Waals surface area contributed by atoms with Crippen LogP contribution in [0.25, 0.3) is 0 Å². The van der Waals surface area contributed by atoms with Gasteiger partial charge in [0.25, 0.3) is 0 Å². The van der Waals surface area contributed by atoms with Gasteiger partial charge in [-0.3, -0.25) is 0 Å². The van der Waals surface area contributed by atoms with Gasteiger partial charge in [0.2, 0.25) is 0 Å². The molecule has 2 heteroatoms. The van der Waals surface area contributed by atoms with Gasteiger partial charge >= 0.3 is 0 Å². The Bertz CT molecular complexity index is 421. The second-order valence-corrected chi connectivity index (χ2v) is 6.53. The number of hydrogen-bond acceptors (Lipinski definition) is 2. The highest BCUT2D eigenvalue weighted by Gasteiger charge is 2.48. The van der Waals surface area contributed by atoms with E-state index in [-0.39, 0.29) is 5.60 Å². The molecule has 0 aromatic heterocycles. The van der Waals surface area contributed by atoms with E-state index in [1.165, 1.54) is 37.7 Å². The van der Waals surface area contributed by atoms with E-state index in [9.17, 15) is 0 Å². The molecule has 110 valence electrons. The zero-order valence-electron chi connectivity index (χ0n) is 12.8. The molecule has 1 aromatic rings. The first-order valence-corrected chi connectivity index (χ1v) is 8.11. The Morgan fingerprint density at radius 2 is 2.05 bits per heavy atom. The van der Waals surface area contributed by atoms with Crippen LogP contribution in [-0.2, 0) is 4.74 Å². The molecule has 2 aliphatic rings. The molecule has 0 aliphatic heterocycles. The average molecular weight is 273 g/mol. The highest BCUT2D eigenvalue weighted by molar-refractivity contribution is 5.27. The Kier molecular flexibility index (Phi) is 4.13. The first-order chi connectivity index (χ1) is 9.78. The van der Waals surface area contributed by atoms with Crippen LogP contribution in [0, 0.1) is 5.92 Å². The molecule has 1 aromatic carbocycles. The predicted molar refractivity (Wildman–Crippen MR) is 83.0 cm³/mol. The van der Waals surface area contributed by atoms with E-state index in [4.69, 9.17) is 4.74 Å². The fourth-order valence-electron chi connectivity index (χ4n) is 3.84. The van der Waals surface area contributed by atoms with Crippen LogP contribution in [0.4, 0.5) is 0 Å². The van der Waals surface area contributed by atoms with Gasteiger partial charge in [-0.15, -0.1) is 0 Å². The molecule has 3 atom stereocenters. The highest BCUT2D eigenvalue weighted by Crippen LogP contribution is 2.52. The lowest BCUT2D eigenvalue weighted by Gasteiger charge is -2.43. The quantitative estimate of drug-likeness (QED) is 0.817. The lowest BCUT2D eigenvalue weighted by molar-refractivity contribution is -0.0847. The Morgan fingerprint density at radius 3 is 2.60 bits per heavy atom. The third-order valence-corrected chi connectivity index (χ3v) is 5.34. The molecule has 0 amide bonds. The number of nitrogens with one attached hydrogen (secondary N) is 1. The van der Waals surface area contributed by atoms with E-state index in [1.807, 2.05) is 7.11 Å². The van der Waals surface area contributed by atoms with Crippen LogP contribution >= 0.6 is 0 Å². The largest absolute Gasteiger partial charge is 0.378 e. The van der Waals surface area contributed by atoms with Gasteiger partial charge in [0.05, 0.1) is 5.60 Å². The van der Waals surface area contributed by atoms with Crippen molar-refractivity contribution in [3.05, 3.63) is 35.9 Å². The van der Waals surface area contributed by atoms with Crippen LogP contribution in [0.1, 0.15) is 50.5 Å².